The predicted octanol–water partition coefficient (Wildman–Crippen LogP) is 0.578. The van der Waals surface area contributed by atoms with Crippen molar-refractivity contribution in [2.24, 2.45) is 0 Å². The quantitative estimate of drug-likeness (QED) is 0.738. The molecular weight excluding hydrogens is 246 g/mol. The van der Waals surface area contributed by atoms with Crippen molar-refractivity contribution in [1.29, 1.82) is 0 Å². The van der Waals surface area contributed by atoms with Gasteiger partial charge in [0.15, 0.2) is 6.10 Å². The van der Waals surface area contributed by atoms with Crippen LogP contribution >= 0.6 is 0 Å². The molecule has 1 atom stereocenters. The fourth-order valence-electron chi connectivity index (χ4n) is 1.53. The average Bonchev–Trinajstić information content (AvgIpc) is 2.43. The molecule has 0 spiro atoms. The normalized spacial score (nSPS) is 11.7. The molecule has 0 saturated heterocycles. The van der Waals surface area contributed by atoms with E-state index >= 15 is 0 Å². The van der Waals surface area contributed by atoms with Crippen LogP contribution in [0, 0.1) is 6.92 Å². The van der Waals surface area contributed by atoms with Crippen molar-refractivity contribution in [3.63, 3.8) is 0 Å². The SMILES string of the molecule is COC(=O)C(O)CNC(=O)CCc1ccc(C)cc1. The van der Waals surface area contributed by atoms with Crippen LogP contribution in [0.1, 0.15) is 17.5 Å². The van der Waals surface area contributed by atoms with E-state index in [1.807, 2.05) is 31.2 Å². The molecule has 0 radical (unpaired) electrons. The number of hydrogen-bond donors (Lipinski definition) is 2. The molecule has 19 heavy (non-hydrogen) atoms. The third-order valence-corrected chi connectivity index (χ3v) is 2.73. The van der Waals surface area contributed by atoms with Gasteiger partial charge in [-0.3, -0.25) is 4.79 Å². The number of amides is 1. The molecule has 1 aromatic carbocycles. The third-order valence-electron chi connectivity index (χ3n) is 2.73. The van der Waals surface area contributed by atoms with E-state index in [9.17, 15) is 14.7 Å². The number of aryl methyl sites for hydroxylation is 2. The minimum atomic E-state index is -1.31. The van der Waals surface area contributed by atoms with Gasteiger partial charge in [0.2, 0.25) is 5.91 Å². The van der Waals surface area contributed by atoms with Gasteiger partial charge in [0, 0.05) is 6.42 Å². The number of carbonyl (C=O) groups excluding carboxylic acids is 2. The van der Waals surface area contributed by atoms with Crippen molar-refractivity contribution in [1.82, 2.24) is 5.32 Å². The van der Waals surface area contributed by atoms with Crippen LogP contribution in [-0.2, 0) is 20.7 Å². The van der Waals surface area contributed by atoms with Crippen LogP contribution in [0.5, 0.6) is 0 Å². The van der Waals surface area contributed by atoms with Crippen molar-refractivity contribution >= 4 is 11.9 Å². The molecule has 0 saturated carbocycles. The first kappa shape index (κ1) is 15.2. The summed E-state index contributed by atoms with van der Waals surface area (Å²) in [7, 11) is 1.19. The number of aliphatic hydroxyl groups is 1. The first-order chi connectivity index (χ1) is 9.02. The lowest BCUT2D eigenvalue weighted by Crippen LogP contribution is -2.37. The smallest absolute Gasteiger partial charge is 0.336 e. The van der Waals surface area contributed by atoms with E-state index in [1.54, 1.807) is 0 Å². The molecule has 0 aliphatic carbocycles. The van der Waals surface area contributed by atoms with Crippen molar-refractivity contribution in [3.8, 4) is 0 Å². The summed E-state index contributed by atoms with van der Waals surface area (Å²) in [4.78, 5) is 22.4. The van der Waals surface area contributed by atoms with Crippen molar-refractivity contribution < 1.29 is 19.4 Å². The van der Waals surface area contributed by atoms with E-state index in [4.69, 9.17) is 0 Å². The van der Waals surface area contributed by atoms with E-state index in [0.29, 0.717) is 12.8 Å². The highest BCUT2D eigenvalue weighted by Gasteiger charge is 2.15. The Balaban J connectivity index is 2.28. The standard InChI is InChI=1S/C14H19NO4/c1-10-3-5-11(6-4-10)7-8-13(17)15-9-12(16)14(18)19-2/h3-6,12,16H,7-9H2,1-2H3,(H,15,17). The number of hydrogen-bond acceptors (Lipinski definition) is 4. The van der Waals surface area contributed by atoms with Crippen molar-refractivity contribution in [2.75, 3.05) is 13.7 Å². The summed E-state index contributed by atoms with van der Waals surface area (Å²) in [5.41, 5.74) is 2.25. The summed E-state index contributed by atoms with van der Waals surface area (Å²) < 4.78 is 4.34. The van der Waals surface area contributed by atoms with Gasteiger partial charge in [-0.2, -0.15) is 0 Å². The lowest BCUT2D eigenvalue weighted by Gasteiger charge is -2.09. The fourth-order valence-corrected chi connectivity index (χ4v) is 1.53. The maximum atomic E-state index is 11.5. The monoisotopic (exact) mass is 265 g/mol. The summed E-state index contributed by atoms with van der Waals surface area (Å²) in [5.74, 6) is -0.956. The minimum Gasteiger partial charge on any atom is -0.467 e. The van der Waals surface area contributed by atoms with Gasteiger partial charge in [0.1, 0.15) is 0 Å². The van der Waals surface area contributed by atoms with Crippen LogP contribution in [0.15, 0.2) is 24.3 Å². The van der Waals surface area contributed by atoms with Gasteiger partial charge in [0.25, 0.3) is 0 Å². The number of benzene rings is 1. The predicted molar refractivity (Wildman–Crippen MR) is 70.5 cm³/mol. The van der Waals surface area contributed by atoms with E-state index in [-0.39, 0.29) is 12.5 Å². The summed E-state index contributed by atoms with van der Waals surface area (Å²) in [6.45, 7) is 1.88. The number of ether oxygens (including phenoxy) is 1. The maximum absolute atomic E-state index is 11.5. The highest BCUT2D eigenvalue weighted by atomic mass is 16.5. The molecule has 1 unspecified atom stereocenters. The second-order valence-corrected chi connectivity index (χ2v) is 4.33. The highest BCUT2D eigenvalue weighted by molar-refractivity contribution is 5.78. The van der Waals surface area contributed by atoms with Gasteiger partial charge in [-0.15, -0.1) is 0 Å². The van der Waals surface area contributed by atoms with Gasteiger partial charge >= 0.3 is 5.97 Å². The van der Waals surface area contributed by atoms with Gasteiger partial charge in [-0.25, -0.2) is 4.79 Å². The fraction of sp³-hybridized carbons (Fsp3) is 0.429. The molecule has 0 bridgehead atoms. The zero-order valence-electron chi connectivity index (χ0n) is 11.2. The van der Waals surface area contributed by atoms with E-state index in [2.05, 4.69) is 10.1 Å². The second kappa shape index (κ2) is 7.53. The zero-order chi connectivity index (χ0) is 14.3. The van der Waals surface area contributed by atoms with Gasteiger partial charge in [0.05, 0.1) is 13.7 Å². The van der Waals surface area contributed by atoms with Crippen molar-refractivity contribution in [2.45, 2.75) is 25.9 Å². The Kier molecular flexibility index (Phi) is 6.02. The molecule has 0 heterocycles. The summed E-state index contributed by atoms with van der Waals surface area (Å²) in [6, 6.07) is 7.94. The first-order valence-electron chi connectivity index (χ1n) is 6.11. The molecule has 0 aromatic heterocycles. The van der Waals surface area contributed by atoms with Gasteiger partial charge in [-0.05, 0) is 18.9 Å². The molecule has 0 fully saturated rings. The summed E-state index contributed by atoms with van der Waals surface area (Å²) in [6.07, 6.45) is -0.370. The molecule has 5 heteroatoms. The molecule has 1 amide bonds. The lowest BCUT2D eigenvalue weighted by molar-refractivity contribution is -0.150. The molecule has 5 nitrogen and oxygen atoms in total. The number of rotatable bonds is 6. The summed E-state index contributed by atoms with van der Waals surface area (Å²) >= 11 is 0. The second-order valence-electron chi connectivity index (χ2n) is 4.33. The molecule has 2 N–H and O–H groups in total. The Hall–Kier alpha value is -1.88. The number of nitrogens with one attached hydrogen (secondary N) is 1. The van der Waals surface area contributed by atoms with Crippen LogP contribution in [0.25, 0.3) is 0 Å². The molecule has 104 valence electrons. The average molecular weight is 265 g/mol. The van der Waals surface area contributed by atoms with Gasteiger partial charge in [-0.1, -0.05) is 29.8 Å². The Bertz CT molecular complexity index is 428. The lowest BCUT2D eigenvalue weighted by atomic mass is 10.1. The number of aliphatic hydroxyl groups excluding tert-OH is 1. The summed E-state index contributed by atoms with van der Waals surface area (Å²) in [5, 5.41) is 11.8. The van der Waals surface area contributed by atoms with Crippen LogP contribution in [0.2, 0.25) is 0 Å². The Labute approximate surface area is 112 Å². The van der Waals surface area contributed by atoms with Crippen LogP contribution in [-0.4, -0.2) is 36.7 Å². The van der Waals surface area contributed by atoms with E-state index in [0.717, 1.165) is 5.56 Å². The Morgan fingerprint density at radius 2 is 1.95 bits per heavy atom. The Morgan fingerprint density at radius 3 is 2.53 bits per heavy atom. The molecular formula is C14H19NO4. The molecule has 1 rings (SSSR count). The van der Waals surface area contributed by atoms with Gasteiger partial charge < -0.3 is 15.2 Å². The minimum absolute atomic E-state index is 0.126. The largest absolute Gasteiger partial charge is 0.467 e. The van der Waals surface area contributed by atoms with Crippen LogP contribution in [0.4, 0.5) is 0 Å². The zero-order valence-corrected chi connectivity index (χ0v) is 11.2. The molecule has 0 aliphatic heterocycles. The van der Waals surface area contributed by atoms with E-state index < -0.39 is 12.1 Å². The number of carbonyl (C=O) groups is 2. The van der Waals surface area contributed by atoms with Crippen LogP contribution < -0.4 is 5.32 Å². The first-order valence-corrected chi connectivity index (χ1v) is 6.11. The topological polar surface area (TPSA) is 75.6 Å². The number of esters is 1. The molecule has 0 aliphatic rings. The number of methoxy groups -OCH3 is 1. The van der Waals surface area contributed by atoms with Crippen LogP contribution in [0.3, 0.4) is 0 Å². The third kappa shape index (κ3) is 5.52. The van der Waals surface area contributed by atoms with Crippen molar-refractivity contribution in [3.05, 3.63) is 35.4 Å². The highest BCUT2D eigenvalue weighted by Crippen LogP contribution is 2.05. The van der Waals surface area contributed by atoms with E-state index in [1.165, 1.54) is 12.7 Å². The maximum Gasteiger partial charge on any atom is 0.336 e. The molecule has 1 aromatic rings. The Morgan fingerprint density at radius 1 is 1.32 bits per heavy atom.